The SMILES string of the molecule is O=C(O)c1n[nH]nc1C1CCC(c2ccccc2F)CO1. The van der Waals surface area contributed by atoms with Gasteiger partial charge >= 0.3 is 5.97 Å². The standard InChI is InChI=1S/C14H14FN3O3/c15-10-4-2-1-3-9(10)8-5-6-11(21-7-8)12-13(14(19)20)17-18-16-12/h1-4,8,11H,5-7H2,(H,19,20)(H,16,17,18). The molecule has 0 amide bonds. The van der Waals surface area contributed by atoms with Crippen molar-refractivity contribution < 1.29 is 19.0 Å². The molecule has 0 aliphatic carbocycles. The number of nitrogens with zero attached hydrogens (tertiary/aromatic N) is 2. The highest BCUT2D eigenvalue weighted by atomic mass is 19.1. The second-order valence-corrected chi connectivity index (χ2v) is 4.98. The van der Waals surface area contributed by atoms with E-state index in [-0.39, 0.29) is 17.4 Å². The number of hydrogen-bond acceptors (Lipinski definition) is 4. The Labute approximate surface area is 119 Å². The lowest BCUT2D eigenvalue weighted by molar-refractivity contribution is -0.00160. The molecule has 0 radical (unpaired) electrons. The molecule has 1 aliphatic heterocycles. The van der Waals surface area contributed by atoms with Gasteiger partial charge in [-0.05, 0) is 24.5 Å². The van der Waals surface area contributed by atoms with Gasteiger partial charge in [-0.15, -0.1) is 5.10 Å². The number of rotatable bonds is 3. The predicted octanol–water partition coefficient (Wildman–Crippen LogP) is 2.28. The van der Waals surface area contributed by atoms with Crippen molar-refractivity contribution in [2.24, 2.45) is 0 Å². The summed E-state index contributed by atoms with van der Waals surface area (Å²) in [6, 6.07) is 6.63. The van der Waals surface area contributed by atoms with Crippen LogP contribution < -0.4 is 0 Å². The summed E-state index contributed by atoms with van der Waals surface area (Å²) in [7, 11) is 0. The average Bonchev–Trinajstić information content (AvgIpc) is 2.98. The molecule has 3 rings (SSSR count). The van der Waals surface area contributed by atoms with Gasteiger partial charge in [0, 0.05) is 5.92 Å². The predicted molar refractivity (Wildman–Crippen MR) is 70.4 cm³/mol. The summed E-state index contributed by atoms with van der Waals surface area (Å²) in [5, 5.41) is 18.8. The monoisotopic (exact) mass is 291 g/mol. The first-order valence-corrected chi connectivity index (χ1v) is 6.66. The molecule has 0 saturated carbocycles. The van der Waals surface area contributed by atoms with Crippen molar-refractivity contribution in [1.29, 1.82) is 0 Å². The van der Waals surface area contributed by atoms with Crippen molar-refractivity contribution in [3.05, 3.63) is 47.0 Å². The highest BCUT2D eigenvalue weighted by Crippen LogP contribution is 2.36. The van der Waals surface area contributed by atoms with E-state index in [9.17, 15) is 9.18 Å². The zero-order valence-corrected chi connectivity index (χ0v) is 11.1. The van der Waals surface area contributed by atoms with Crippen molar-refractivity contribution >= 4 is 5.97 Å². The fourth-order valence-corrected chi connectivity index (χ4v) is 2.64. The Morgan fingerprint density at radius 1 is 1.33 bits per heavy atom. The summed E-state index contributed by atoms with van der Waals surface area (Å²) >= 11 is 0. The molecule has 6 nitrogen and oxygen atoms in total. The summed E-state index contributed by atoms with van der Waals surface area (Å²) in [6.07, 6.45) is 0.862. The molecule has 110 valence electrons. The van der Waals surface area contributed by atoms with E-state index in [4.69, 9.17) is 9.84 Å². The minimum atomic E-state index is -1.14. The van der Waals surface area contributed by atoms with Crippen LogP contribution in [0.2, 0.25) is 0 Å². The third kappa shape index (κ3) is 2.64. The van der Waals surface area contributed by atoms with Crippen LogP contribution in [0.4, 0.5) is 4.39 Å². The number of hydrogen-bond donors (Lipinski definition) is 2. The Bertz CT molecular complexity index is 650. The van der Waals surface area contributed by atoms with Gasteiger partial charge in [0.2, 0.25) is 0 Å². The molecule has 1 saturated heterocycles. The van der Waals surface area contributed by atoms with E-state index in [1.807, 2.05) is 0 Å². The Morgan fingerprint density at radius 3 is 2.81 bits per heavy atom. The van der Waals surface area contributed by atoms with E-state index in [1.54, 1.807) is 18.2 Å². The van der Waals surface area contributed by atoms with Crippen LogP contribution in [0.3, 0.4) is 0 Å². The van der Waals surface area contributed by atoms with Crippen molar-refractivity contribution in [2.75, 3.05) is 6.61 Å². The van der Waals surface area contributed by atoms with Gasteiger partial charge in [0.1, 0.15) is 17.6 Å². The van der Waals surface area contributed by atoms with Gasteiger partial charge in [-0.3, -0.25) is 0 Å². The smallest absolute Gasteiger partial charge is 0.358 e. The normalized spacial score (nSPS) is 22.1. The quantitative estimate of drug-likeness (QED) is 0.905. The summed E-state index contributed by atoms with van der Waals surface area (Å²) in [5.41, 5.74) is 0.813. The maximum atomic E-state index is 13.8. The van der Waals surface area contributed by atoms with Gasteiger partial charge in [-0.25, -0.2) is 9.18 Å². The van der Waals surface area contributed by atoms with Crippen molar-refractivity contribution in [3.63, 3.8) is 0 Å². The third-order valence-corrected chi connectivity index (χ3v) is 3.70. The molecule has 1 fully saturated rings. The van der Waals surface area contributed by atoms with Gasteiger partial charge in [0.25, 0.3) is 0 Å². The van der Waals surface area contributed by atoms with E-state index in [0.29, 0.717) is 30.7 Å². The van der Waals surface area contributed by atoms with Crippen LogP contribution in [0.5, 0.6) is 0 Å². The molecule has 2 heterocycles. The first-order valence-electron chi connectivity index (χ1n) is 6.66. The Kier molecular flexibility index (Phi) is 3.66. The van der Waals surface area contributed by atoms with Gasteiger partial charge < -0.3 is 9.84 Å². The maximum Gasteiger partial charge on any atom is 0.358 e. The number of H-pyrrole nitrogens is 1. The first kappa shape index (κ1) is 13.7. The zero-order chi connectivity index (χ0) is 14.8. The Morgan fingerprint density at radius 2 is 2.14 bits per heavy atom. The number of carbonyl (C=O) groups is 1. The highest BCUT2D eigenvalue weighted by Gasteiger charge is 2.30. The second-order valence-electron chi connectivity index (χ2n) is 4.98. The first-order chi connectivity index (χ1) is 10.2. The van der Waals surface area contributed by atoms with Crippen LogP contribution in [0, 0.1) is 5.82 Å². The van der Waals surface area contributed by atoms with Crippen LogP contribution in [0.1, 0.15) is 46.6 Å². The number of aromatic nitrogens is 3. The number of carboxylic acids is 1. The second kappa shape index (κ2) is 5.61. The van der Waals surface area contributed by atoms with E-state index in [1.165, 1.54) is 6.07 Å². The molecule has 0 spiro atoms. The molecule has 2 unspecified atom stereocenters. The molecule has 2 atom stereocenters. The fraction of sp³-hybridized carbons (Fsp3) is 0.357. The van der Waals surface area contributed by atoms with Gasteiger partial charge in [0.15, 0.2) is 5.69 Å². The number of nitrogens with one attached hydrogen (secondary N) is 1. The largest absolute Gasteiger partial charge is 0.476 e. The lowest BCUT2D eigenvalue weighted by Crippen LogP contribution is -2.21. The lowest BCUT2D eigenvalue weighted by Gasteiger charge is -2.28. The van der Waals surface area contributed by atoms with Crippen LogP contribution in [-0.2, 0) is 4.74 Å². The summed E-state index contributed by atoms with van der Waals surface area (Å²) in [5.74, 6) is -1.40. The van der Waals surface area contributed by atoms with Crippen LogP contribution in [0.25, 0.3) is 0 Å². The van der Waals surface area contributed by atoms with Crippen LogP contribution in [0.15, 0.2) is 24.3 Å². The summed E-state index contributed by atoms with van der Waals surface area (Å²) in [4.78, 5) is 11.0. The molecule has 1 aromatic carbocycles. The van der Waals surface area contributed by atoms with E-state index in [2.05, 4.69) is 15.4 Å². The number of benzene rings is 1. The molecule has 7 heteroatoms. The lowest BCUT2D eigenvalue weighted by atomic mass is 9.90. The molecule has 1 aliphatic rings. The molecular formula is C14H14FN3O3. The Hall–Kier alpha value is -2.28. The number of carboxylic acid groups (broad SMARTS) is 1. The number of halogens is 1. The highest BCUT2D eigenvalue weighted by molar-refractivity contribution is 5.86. The number of aromatic amines is 1. The van der Waals surface area contributed by atoms with Crippen molar-refractivity contribution in [3.8, 4) is 0 Å². The fourth-order valence-electron chi connectivity index (χ4n) is 2.64. The van der Waals surface area contributed by atoms with Gasteiger partial charge in [-0.2, -0.15) is 10.3 Å². The number of ether oxygens (including phenoxy) is 1. The molecule has 0 bridgehead atoms. The van der Waals surface area contributed by atoms with Gasteiger partial charge in [-0.1, -0.05) is 18.2 Å². The zero-order valence-electron chi connectivity index (χ0n) is 11.1. The summed E-state index contributed by atoms with van der Waals surface area (Å²) in [6.45, 7) is 0.331. The van der Waals surface area contributed by atoms with Crippen LogP contribution in [-0.4, -0.2) is 33.1 Å². The van der Waals surface area contributed by atoms with Crippen molar-refractivity contribution in [1.82, 2.24) is 15.4 Å². The van der Waals surface area contributed by atoms with Gasteiger partial charge in [0.05, 0.1) is 6.61 Å². The third-order valence-electron chi connectivity index (χ3n) is 3.70. The number of aromatic carboxylic acids is 1. The average molecular weight is 291 g/mol. The van der Waals surface area contributed by atoms with E-state index < -0.39 is 12.1 Å². The molecule has 2 N–H and O–H groups in total. The van der Waals surface area contributed by atoms with Crippen LogP contribution >= 0.6 is 0 Å². The van der Waals surface area contributed by atoms with Crippen molar-refractivity contribution in [2.45, 2.75) is 24.9 Å². The minimum absolute atomic E-state index is 0.0253. The molecular weight excluding hydrogens is 277 g/mol. The molecule has 21 heavy (non-hydrogen) atoms. The molecule has 1 aromatic heterocycles. The van der Waals surface area contributed by atoms with E-state index in [0.717, 1.165) is 0 Å². The minimum Gasteiger partial charge on any atom is -0.476 e. The van der Waals surface area contributed by atoms with E-state index >= 15 is 0 Å². The topological polar surface area (TPSA) is 88.1 Å². The summed E-state index contributed by atoms with van der Waals surface area (Å²) < 4.78 is 19.4. The maximum absolute atomic E-state index is 13.8. The Balaban J connectivity index is 1.72. The molecule has 2 aromatic rings.